The standard InChI is InChI=1S/C19H21NO2/c1-3-20(4-2)17-12-9-16(10-13-17)19(22)14-11-15-7-5-6-8-18(15)21/h5-14,21H,3-4H2,1-2H3/b14-11+. The first kappa shape index (κ1) is 15.8. The van der Waals surface area contributed by atoms with Crippen molar-refractivity contribution in [3.05, 3.63) is 65.7 Å². The fourth-order valence-electron chi connectivity index (χ4n) is 2.32. The van der Waals surface area contributed by atoms with Crippen LogP contribution in [0, 0.1) is 0 Å². The highest BCUT2D eigenvalue weighted by atomic mass is 16.3. The first-order valence-corrected chi connectivity index (χ1v) is 7.51. The molecule has 2 aromatic carbocycles. The molecular weight excluding hydrogens is 274 g/mol. The molecular formula is C19H21NO2. The van der Waals surface area contributed by atoms with Crippen molar-refractivity contribution < 1.29 is 9.90 Å². The Kier molecular flexibility index (Phi) is 5.37. The molecule has 1 N–H and O–H groups in total. The number of phenols is 1. The van der Waals surface area contributed by atoms with E-state index < -0.39 is 0 Å². The van der Waals surface area contributed by atoms with Crippen LogP contribution in [-0.4, -0.2) is 24.0 Å². The Bertz CT molecular complexity index is 655. The molecule has 0 fully saturated rings. The second-order valence-electron chi connectivity index (χ2n) is 4.98. The minimum Gasteiger partial charge on any atom is -0.507 e. The van der Waals surface area contributed by atoms with E-state index >= 15 is 0 Å². The van der Waals surface area contributed by atoms with Crippen LogP contribution < -0.4 is 4.90 Å². The second kappa shape index (κ2) is 7.46. The molecule has 2 rings (SSSR count). The van der Waals surface area contributed by atoms with Crippen molar-refractivity contribution in [1.82, 2.24) is 0 Å². The molecule has 22 heavy (non-hydrogen) atoms. The van der Waals surface area contributed by atoms with Crippen LogP contribution in [0.2, 0.25) is 0 Å². The van der Waals surface area contributed by atoms with Gasteiger partial charge in [-0.05, 0) is 56.3 Å². The molecule has 114 valence electrons. The highest BCUT2D eigenvalue weighted by Gasteiger charge is 2.05. The van der Waals surface area contributed by atoms with Gasteiger partial charge in [-0.2, -0.15) is 0 Å². The fraction of sp³-hybridized carbons (Fsp3) is 0.211. The number of ketones is 1. The van der Waals surface area contributed by atoms with E-state index in [0.29, 0.717) is 11.1 Å². The van der Waals surface area contributed by atoms with Gasteiger partial charge in [0.1, 0.15) is 5.75 Å². The maximum absolute atomic E-state index is 12.2. The van der Waals surface area contributed by atoms with Gasteiger partial charge in [0.2, 0.25) is 0 Å². The molecule has 0 atom stereocenters. The smallest absolute Gasteiger partial charge is 0.185 e. The zero-order chi connectivity index (χ0) is 15.9. The summed E-state index contributed by atoms with van der Waals surface area (Å²) in [4.78, 5) is 14.4. The van der Waals surface area contributed by atoms with Crippen LogP contribution in [0.25, 0.3) is 6.08 Å². The number of anilines is 1. The number of hydrogen-bond donors (Lipinski definition) is 1. The molecule has 0 aromatic heterocycles. The average molecular weight is 295 g/mol. The molecule has 3 heteroatoms. The van der Waals surface area contributed by atoms with Gasteiger partial charge in [0, 0.05) is 29.9 Å². The Labute approximate surface area is 131 Å². The van der Waals surface area contributed by atoms with Gasteiger partial charge in [-0.15, -0.1) is 0 Å². The van der Waals surface area contributed by atoms with Crippen molar-refractivity contribution in [3.8, 4) is 5.75 Å². The Morgan fingerprint density at radius 1 is 1.05 bits per heavy atom. The average Bonchev–Trinajstić information content (AvgIpc) is 2.55. The van der Waals surface area contributed by atoms with Crippen LogP contribution in [0.4, 0.5) is 5.69 Å². The molecule has 0 aliphatic heterocycles. The van der Waals surface area contributed by atoms with Crippen molar-refractivity contribution in [2.75, 3.05) is 18.0 Å². The number of carbonyl (C=O) groups excluding carboxylic acids is 1. The molecule has 2 aromatic rings. The van der Waals surface area contributed by atoms with Gasteiger partial charge in [0.25, 0.3) is 0 Å². The SMILES string of the molecule is CCN(CC)c1ccc(C(=O)/C=C/c2ccccc2O)cc1. The molecule has 0 saturated carbocycles. The predicted octanol–water partition coefficient (Wildman–Crippen LogP) is 4.13. The van der Waals surface area contributed by atoms with Gasteiger partial charge in [-0.3, -0.25) is 4.79 Å². The summed E-state index contributed by atoms with van der Waals surface area (Å²) in [5, 5.41) is 9.68. The third-order valence-electron chi connectivity index (χ3n) is 3.63. The lowest BCUT2D eigenvalue weighted by Gasteiger charge is -2.20. The molecule has 3 nitrogen and oxygen atoms in total. The lowest BCUT2D eigenvalue weighted by Crippen LogP contribution is -2.21. The Morgan fingerprint density at radius 3 is 2.27 bits per heavy atom. The zero-order valence-corrected chi connectivity index (χ0v) is 13.0. The van der Waals surface area contributed by atoms with E-state index in [9.17, 15) is 9.90 Å². The lowest BCUT2D eigenvalue weighted by atomic mass is 10.1. The summed E-state index contributed by atoms with van der Waals surface area (Å²) in [6, 6.07) is 14.5. The molecule has 0 amide bonds. The first-order chi connectivity index (χ1) is 10.7. The summed E-state index contributed by atoms with van der Waals surface area (Å²) in [6.45, 7) is 6.10. The highest BCUT2D eigenvalue weighted by Crippen LogP contribution is 2.18. The number of rotatable bonds is 6. The molecule has 0 spiro atoms. The van der Waals surface area contributed by atoms with Crippen LogP contribution in [0.15, 0.2) is 54.6 Å². The van der Waals surface area contributed by atoms with Crippen LogP contribution in [0.5, 0.6) is 5.75 Å². The Balaban J connectivity index is 2.12. The van der Waals surface area contributed by atoms with Crippen LogP contribution in [0.3, 0.4) is 0 Å². The van der Waals surface area contributed by atoms with E-state index in [0.717, 1.165) is 18.8 Å². The number of hydrogen-bond acceptors (Lipinski definition) is 3. The fourth-order valence-corrected chi connectivity index (χ4v) is 2.32. The van der Waals surface area contributed by atoms with Gasteiger partial charge in [0.05, 0.1) is 0 Å². The summed E-state index contributed by atoms with van der Waals surface area (Å²) in [5.41, 5.74) is 2.39. The van der Waals surface area contributed by atoms with Crippen molar-refractivity contribution in [3.63, 3.8) is 0 Å². The van der Waals surface area contributed by atoms with Crippen molar-refractivity contribution in [2.24, 2.45) is 0 Å². The monoisotopic (exact) mass is 295 g/mol. The molecule has 0 radical (unpaired) electrons. The minimum absolute atomic E-state index is 0.0747. The third kappa shape index (κ3) is 3.76. The molecule has 0 saturated heterocycles. The maximum Gasteiger partial charge on any atom is 0.185 e. The number of para-hydroxylation sites is 1. The van der Waals surface area contributed by atoms with Gasteiger partial charge >= 0.3 is 0 Å². The van der Waals surface area contributed by atoms with E-state index in [2.05, 4.69) is 18.7 Å². The van der Waals surface area contributed by atoms with E-state index in [4.69, 9.17) is 0 Å². The van der Waals surface area contributed by atoms with Crippen LogP contribution >= 0.6 is 0 Å². The summed E-state index contributed by atoms with van der Waals surface area (Å²) >= 11 is 0. The van der Waals surface area contributed by atoms with E-state index in [1.54, 1.807) is 24.3 Å². The van der Waals surface area contributed by atoms with Gasteiger partial charge in [0.15, 0.2) is 5.78 Å². The molecule has 0 aliphatic carbocycles. The lowest BCUT2D eigenvalue weighted by molar-refractivity contribution is 0.104. The quantitative estimate of drug-likeness (QED) is 0.643. The summed E-state index contributed by atoms with van der Waals surface area (Å²) in [6.07, 6.45) is 3.12. The summed E-state index contributed by atoms with van der Waals surface area (Å²) < 4.78 is 0. The topological polar surface area (TPSA) is 40.5 Å². The second-order valence-corrected chi connectivity index (χ2v) is 4.98. The van der Waals surface area contributed by atoms with E-state index in [1.807, 2.05) is 30.3 Å². The molecule has 0 heterocycles. The number of phenolic OH excluding ortho intramolecular Hbond substituents is 1. The van der Waals surface area contributed by atoms with Gasteiger partial charge in [-0.1, -0.05) is 18.2 Å². The Morgan fingerprint density at radius 2 is 1.68 bits per heavy atom. The number of allylic oxidation sites excluding steroid dienone is 1. The summed E-state index contributed by atoms with van der Waals surface area (Å²) in [5.74, 6) is 0.0952. The van der Waals surface area contributed by atoms with Crippen molar-refractivity contribution >= 4 is 17.5 Å². The number of benzene rings is 2. The number of carbonyl (C=O) groups is 1. The van der Waals surface area contributed by atoms with Crippen LogP contribution in [-0.2, 0) is 0 Å². The largest absolute Gasteiger partial charge is 0.507 e. The van der Waals surface area contributed by atoms with Crippen LogP contribution in [0.1, 0.15) is 29.8 Å². The van der Waals surface area contributed by atoms with Gasteiger partial charge < -0.3 is 10.0 Å². The highest BCUT2D eigenvalue weighted by molar-refractivity contribution is 6.07. The number of nitrogens with zero attached hydrogens (tertiary/aromatic N) is 1. The normalized spacial score (nSPS) is 10.8. The molecule has 0 unspecified atom stereocenters. The van der Waals surface area contributed by atoms with Gasteiger partial charge in [-0.25, -0.2) is 0 Å². The molecule has 0 aliphatic rings. The first-order valence-electron chi connectivity index (χ1n) is 7.51. The van der Waals surface area contributed by atoms with Crippen molar-refractivity contribution in [2.45, 2.75) is 13.8 Å². The Hall–Kier alpha value is -2.55. The predicted molar refractivity (Wildman–Crippen MR) is 91.5 cm³/mol. The zero-order valence-electron chi connectivity index (χ0n) is 13.0. The van der Waals surface area contributed by atoms with E-state index in [1.165, 1.54) is 6.08 Å². The van der Waals surface area contributed by atoms with E-state index in [-0.39, 0.29) is 11.5 Å². The third-order valence-corrected chi connectivity index (χ3v) is 3.63. The number of aromatic hydroxyl groups is 1. The molecule has 0 bridgehead atoms. The minimum atomic E-state index is -0.0747. The maximum atomic E-state index is 12.2. The summed E-state index contributed by atoms with van der Waals surface area (Å²) in [7, 11) is 0. The van der Waals surface area contributed by atoms with Crippen molar-refractivity contribution in [1.29, 1.82) is 0 Å².